The zero-order valence-corrected chi connectivity index (χ0v) is 15.8. The topological polar surface area (TPSA) is 138 Å². The molecule has 0 bridgehead atoms. The Hall–Kier alpha value is -3.06. The molecule has 0 saturated heterocycles. The van der Waals surface area contributed by atoms with Crippen LogP contribution in [0.2, 0.25) is 0 Å². The van der Waals surface area contributed by atoms with Crippen molar-refractivity contribution in [2.24, 2.45) is 5.14 Å². The molecule has 1 heterocycles. The number of halogens is 3. The number of hydrogen-bond donors (Lipinski definition) is 2. The number of carbonyl (C=O) groups is 2. The van der Waals surface area contributed by atoms with Crippen LogP contribution in [0.25, 0.3) is 0 Å². The first-order valence-electron chi connectivity index (χ1n) is 7.73. The van der Waals surface area contributed by atoms with Crippen molar-refractivity contribution in [1.82, 2.24) is 0 Å². The van der Waals surface area contributed by atoms with E-state index in [0.29, 0.717) is 0 Å². The Morgan fingerprint density at radius 1 is 1.14 bits per heavy atom. The normalized spacial score (nSPS) is 11.8. The maximum atomic E-state index is 12.2. The predicted molar refractivity (Wildman–Crippen MR) is 91.6 cm³/mol. The molecule has 1 aromatic heterocycles. The number of hydrogen-bond acceptors (Lipinski definition) is 7. The molecule has 29 heavy (non-hydrogen) atoms. The number of furan rings is 1. The second-order valence-electron chi connectivity index (χ2n) is 5.66. The first kappa shape index (κ1) is 22.2. The molecule has 0 aliphatic rings. The van der Waals surface area contributed by atoms with Crippen LogP contribution < -0.4 is 15.2 Å². The molecule has 0 unspecified atom stereocenters. The third-order valence-corrected chi connectivity index (χ3v) is 4.46. The largest absolute Gasteiger partial charge is 0.573 e. The Kier molecular flexibility index (Phi) is 6.23. The van der Waals surface area contributed by atoms with E-state index in [2.05, 4.69) is 10.1 Å². The smallest absolute Gasteiger partial charge is 0.464 e. The molecule has 2 aromatic rings. The van der Waals surface area contributed by atoms with Crippen molar-refractivity contribution in [3.05, 3.63) is 41.3 Å². The van der Waals surface area contributed by atoms with Gasteiger partial charge < -0.3 is 19.2 Å². The van der Waals surface area contributed by atoms with Crippen LogP contribution in [0.5, 0.6) is 5.75 Å². The monoisotopic (exact) mass is 436 g/mol. The minimum Gasteiger partial charge on any atom is -0.464 e. The molecule has 9 nitrogen and oxygen atoms in total. The zero-order valence-electron chi connectivity index (χ0n) is 15.0. The number of amides is 1. The average molecular weight is 436 g/mol. The van der Waals surface area contributed by atoms with E-state index >= 15 is 0 Å². The fourth-order valence-corrected chi connectivity index (χ4v) is 3.34. The van der Waals surface area contributed by atoms with Crippen LogP contribution in [-0.4, -0.2) is 33.3 Å². The number of nitrogens with one attached hydrogen (secondary N) is 1. The number of alkyl halides is 3. The summed E-state index contributed by atoms with van der Waals surface area (Å²) in [7, 11) is -4.28. The van der Waals surface area contributed by atoms with E-state index in [1.807, 2.05) is 0 Å². The molecule has 0 aliphatic heterocycles. The lowest BCUT2D eigenvalue weighted by Crippen LogP contribution is -2.23. The van der Waals surface area contributed by atoms with Crippen LogP contribution in [0.3, 0.4) is 0 Å². The first-order chi connectivity index (χ1) is 13.3. The van der Waals surface area contributed by atoms with Gasteiger partial charge in [-0.15, -0.1) is 13.2 Å². The van der Waals surface area contributed by atoms with E-state index < -0.39 is 51.1 Å². The minimum atomic E-state index is -4.85. The summed E-state index contributed by atoms with van der Waals surface area (Å²) < 4.78 is 73.2. The Morgan fingerprint density at radius 2 is 1.72 bits per heavy atom. The van der Waals surface area contributed by atoms with Gasteiger partial charge in [-0.2, -0.15) is 0 Å². The van der Waals surface area contributed by atoms with Crippen LogP contribution in [0.15, 0.2) is 33.6 Å². The summed E-state index contributed by atoms with van der Waals surface area (Å²) in [5.41, 5.74) is -0.312. The fraction of sp³-hybridized carbons (Fsp3) is 0.250. The number of primary sulfonamides is 1. The Labute approximate surface area is 162 Å². The minimum absolute atomic E-state index is 0.0582. The molecule has 2 rings (SSSR count). The standard InChI is InChI=1S/C16H15F3N2O7S/c1-8-13(14(9(2)27-8)29(20,24)25)15(23)26-7-12(22)21-10-3-5-11(6-4-10)28-16(17,18)19/h3-6H,7H2,1-2H3,(H,21,22)(H2,20,24,25). The van der Waals surface area contributed by atoms with Crippen LogP contribution in [0, 0.1) is 13.8 Å². The lowest BCUT2D eigenvalue weighted by molar-refractivity contribution is -0.274. The van der Waals surface area contributed by atoms with Crippen LogP contribution >= 0.6 is 0 Å². The van der Waals surface area contributed by atoms with Gasteiger partial charge in [0.1, 0.15) is 27.7 Å². The SMILES string of the molecule is Cc1oc(C)c(S(N)(=O)=O)c1C(=O)OCC(=O)Nc1ccc(OC(F)(F)F)cc1. The highest BCUT2D eigenvalue weighted by Crippen LogP contribution is 2.26. The number of anilines is 1. The fourth-order valence-electron chi connectivity index (χ4n) is 2.38. The molecule has 1 amide bonds. The lowest BCUT2D eigenvalue weighted by atomic mass is 10.2. The second kappa shape index (κ2) is 8.13. The summed E-state index contributed by atoms with van der Waals surface area (Å²) in [5, 5.41) is 7.35. The summed E-state index contributed by atoms with van der Waals surface area (Å²) in [5.74, 6) is -2.62. The van der Waals surface area contributed by atoms with Crippen LogP contribution in [0.1, 0.15) is 21.9 Å². The highest BCUT2D eigenvalue weighted by molar-refractivity contribution is 7.89. The first-order valence-corrected chi connectivity index (χ1v) is 9.28. The maximum absolute atomic E-state index is 12.2. The van der Waals surface area contributed by atoms with Crippen molar-refractivity contribution < 1.29 is 45.1 Å². The summed E-state index contributed by atoms with van der Waals surface area (Å²) >= 11 is 0. The number of nitrogens with two attached hydrogens (primary N) is 1. The van der Waals surface area contributed by atoms with Gasteiger partial charge in [0.05, 0.1) is 0 Å². The number of rotatable bonds is 6. The van der Waals surface area contributed by atoms with Gasteiger partial charge in [0.25, 0.3) is 5.91 Å². The quantitative estimate of drug-likeness (QED) is 0.662. The molecule has 0 aliphatic carbocycles. The van der Waals surface area contributed by atoms with Gasteiger partial charge in [0.2, 0.25) is 10.0 Å². The molecule has 158 valence electrons. The van der Waals surface area contributed by atoms with Gasteiger partial charge in [-0.3, -0.25) is 4.79 Å². The van der Waals surface area contributed by atoms with Gasteiger partial charge in [-0.1, -0.05) is 0 Å². The number of aryl methyl sites for hydroxylation is 2. The number of carbonyl (C=O) groups excluding carboxylic acids is 2. The molecule has 0 spiro atoms. The van der Waals surface area contributed by atoms with Crippen molar-refractivity contribution in [2.75, 3.05) is 11.9 Å². The summed E-state index contributed by atoms with van der Waals surface area (Å²) in [4.78, 5) is 23.5. The van der Waals surface area contributed by atoms with E-state index in [4.69, 9.17) is 14.3 Å². The third kappa shape index (κ3) is 5.96. The lowest BCUT2D eigenvalue weighted by Gasteiger charge is -2.10. The van der Waals surface area contributed by atoms with Crippen molar-refractivity contribution >= 4 is 27.6 Å². The van der Waals surface area contributed by atoms with Gasteiger partial charge in [0, 0.05) is 5.69 Å². The number of sulfonamides is 1. The summed E-state index contributed by atoms with van der Waals surface area (Å²) in [6.45, 7) is 1.82. The van der Waals surface area contributed by atoms with Crippen molar-refractivity contribution in [3.8, 4) is 5.75 Å². The Morgan fingerprint density at radius 3 is 2.24 bits per heavy atom. The van der Waals surface area contributed by atoms with Crippen LogP contribution in [0.4, 0.5) is 18.9 Å². The number of ether oxygens (including phenoxy) is 2. The molecule has 0 saturated carbocycles. The molecule has 0 fully saturated rings. The molecular formula is C16H15F3N2O7S. The third-order valence-electron chi connectivity index (χ3n) is 3.40. The van der Waals surface area contributed by atoms with Gasteiger partial charge in [-0.25, -0.2) is 18.4 Å². The van der Waals surface area contributed by atoms with Gasteiger partial charge >= 0.3 is 12.3 Å². The Balaban J connectivity index is 2.01. The van der Waals surface area contributed by atoms with Crippen LogP contribution in [-0.2, 0) is 19.6 Å². The zero-order chi connectivity index (χ0) is 22.0. The Bertz CT molecular complexity index is 1030. The van der Waals surface area contributed by atoms with Crippen molar-refractivity contribution in [2.45, 2.75) is 25.1 Å². The maximum Gasteiger partial charge on any atom is 0.573 e. The number of esters is 1. The molecular weight excluding hydrogens is 421 g/mol. The van der Waals surface area contributed by atoms with E-state index in [1.165, 1.54) is 13.8 Å². The van der Waals surface area contributed by atoms with E-state index in [0.717, 1.165) is 24.3 Å². The van der Waals surface area contributed by atoms with E-state index in [-0.39, 0.29) is 17.2 Å². The van der Waals surface area contributed by atoms with Crippen molar-refractivity contribution in [3.63, 3.8) is 0 Å². The second-order valence-corrected chi connectivity index (χ2v) is 7.16. The highest BCUT2D eigenvalue weighted by atomic mass is 32.2. The molecule has 1 aromatic carbocycles. The highest BCUT2D eigenvalue weighted by Gasteiger charge is 2.31. The van der Waals surface area contributed by atoms with E-state index in [1.54, 1.807) is 0 Å². The van der Waals surface area contributed by atoms with Gasteiger partial charge in [0.15, 0.2) is 6.61 Å². The van der Waals surface area contributed by atoms with Gasteiger partial charge in [-0.05, 0) is 38.1 Å². The number of benzene rings is 1. The van der Waals surface area contributed by atoms with E-state index in [9.17, 15) is 31.2 Å². The summed E-state index contributed by atoms with van der Waals surface area (Å²) in [6.07, 6.45) is -4.85. The average Bonchev–Trinajstić information content (AvgIpc) is 2.87. The predicted octanol–water partition coefficient (Wildman–Crippen LogP) is 2.24. The molecule has 13 heteroatoms. The van der Waals surface area contributed by atoms with Crippen molar-refractivity contribution in [1.29, 1.82) is 0 Å². The molecule has 3 N–H and O–H groups in total. The summed E-state index contributed by atoms with van der Waals surface area (Å²) in [6, 6.07) is 4.24. The molecule has 0 radical (unpaired) electrons. The molecule has 0 atom stereocenters.